The molecular weight excluding hydrogens is 240 g/mol. The van der Waals surface area contributed by atoms with Crippen LogP contribution in [0.2, 0.25) is 0 Å². The second-order valence-corrected chi connectivity index (χ2v) is 4.97. The maximum atomic E-state index is 11.6. The van der Waals surface area contributed by atoms with Gasteiger partial charge >= 0.3 is 5.97 Å². The van der Waals surface area contributed by atoms with E-state index in [1.54, 1.807) is 7.11 Å². The van der Waals surface area contributed by atoms with Crippen LogP contribution in [-0.4, -0.2) is 18.2 Å². The Morgan fingerprint density at radius 1 is 1.26 bits per heavy atom. The Labute approximate surface area is 115 Å². The summed E-state index contributed by atoms with van der Waals surface area (Å²) in [4.78, 5) is 11.6. The summed E-state index contributed by atoms with van der Waals surface area (Å²) in [5.74, 6) is 0.0613. The third-order valence-corrected chi connectivity index (χ3v) is 4.09. The summed E-state index contributed by atoms with van der Waals surface area (Å²) in [6, 6.07) is 6.04. The van der Waals surface area contributed by atoms with Crippen molar-refractivity contribution in [1.82, 2.24) is 0 Å². The molecule has 19 heavy (non-hydrogen) atoms. The standard InChI is InChI=1S/C16H24O3/c1-5-12-8-9-14(19-4)13(10-12)11-16(6-2,7-3)15(17)18/h8-10H,5-7,11H2,1-4H3,(H,17,18). The van der Waals surface area contributed by atoms with Crippen LogP contribution < -0.4 is 4.74 Å². The van der Waals surface area contributed by atoms with Gasteiger partial charge in [-0.25, -0.2) is 0 Å². The minimum Gasteiger partial charge on any atom is -0.496 e. The van der Waals surface area contributed by atoms with E-state index in [4.69, 9.17) is 4.74 Å². The highest BCUT2D eigenvalue weighted by Crippen LogP contribution is 2.35. The van der Waals surface area contributed by atoms with E-state index in [9.17, 15) is 9.90 Å². The fourth-order valence-electron chi connectivity index (χ4n) is 2.43. The molecule has 0 aliphatic rings. The fourth-order valence-corrected chi connectivity index (χ4v) is 2.43. The molecule has 0 amide bonds. The molecule has 0 saturated carbocycles. The van der Waals surface area contributed by atoms with Gasteiger partial charge in [0.2, 0.25) is 0 Å². The number of aliphatic carboxylic acids is 1. The summed E-state index contributed by atoms with van der Waals surface area (Å²) >= 11 is 0. The van der Waals surface area contributed by atoms with Crippen LogP contribution in [-0.2, 0) is 17.6 Å². The summed E-state index contributed by atoms with van der Waals surface area (Å²) in [6.07, 6.45) is 2.71. The molecule has 0 radical (unpaired) electrons. The van der Waals surface area contributed by atoms with Gasteiger partial charge in [0.25, 0.3) is 0 Å². The SMILES string of the molecule is CCc1ccc(OC)c(CC(CC)(CC)C(=O)O)c1. The smallest absolute Gasteiger partial charge is 0.309 e. The van der Waals surface area contributed by atoms with Crippen molar-refractivity contribution in [2.75, 3.05) is 7.11 Å². The first-order chi connectivity index (χ1) is 9.02. The molecule has 0 fully saturated rings. The van der Waals surface area contributed by atoms with E-state index in [1.165, 1.54) is 5.56 Å². The quantitative estimate of drug-likeness (QED) is 0.817. The third-order valence-electron chi connectivity index (χ3n) is 4.09. The van der Waals surface area contributed by atoms with Crippen LogP contribution in [0.25, 0.3) is 0 Å². The van der Waals surface area contributed by atoms with Gasteiger partial charge in [-0.3, -0.25) is 4.79 Å². The number of hydrogen-bond acceptors (Lipinski definition) is 2. The van der Waals surface area contributed by atoms with Gasteiger partial charge in [-0.2, -0.15) is 0 Å². The molecule has 0 bridgehead atoms. The molecule has 3 nitrogen and oxygen atoms in total. The fraction of sp³-hybridized carbons (Fsp3) is 0.562. The predicted octanol–water partition coefficient (Wildman–Crippen LogP) is 3.69. The molecule has 0 unspecified atom stereocenters. The molecule has 0 aliphatic carbocycles. The molecule has 0 atom stereocenters. The zero-order valence-corrected chi connectivity index (χ0v) is 12.3. The van der Waals surface area contributed by atoms with Gasteiger partial charge in [0, 0.05) is 0 Å². The Balaban J connectivity index is 3.17. The topological polar surface area (TPSA) is 46.5 Å². The highest BCUT2D eigenvalue weighted by molar-refractivity contribution is 5.75. The molecule has 1 aromatic rings. The normalized spacial score (nSPS) is 11.4. The molecule has 1 rings (SSSR count). The minimum absolute atomic E-state index is 0.520. The number of carboxylic acids is 1. The number of methoxy groups -OCH3 is 1. The van der Waals surface area contributed by atoms with Crippen molar-refractivity contribution in [3.05, 3.63) is 29.3 Å². The van der Waals surface area contributed by atoms with E-state index in [-0.39, 0.29) is 0 Å². The lowest BCUT2D eigenvalue weighted by Gasteiger charge is -2.27. The number of carbonyl (C=O) groups is 1. The number of rotatable bonds is 7. The van der Waals surface area contributed by atoms with E-state index in [2.05, 4.69) is 13.0 Å². The second-order valence-electron chi connectivity index (χ2n) is 4.97. The van der Waals surface area contributed by atoms with Crippen LogP contribution >= 0.6 is 0 Å². The molecule has 1 N–H and O–H groups in total. The first-order valence-electron chi connectivity index (χ1n) is 6.92. The van der Waals surface area contributed by atoms with Crippen LogP contribution in [0.3, 0.4) is 0 Å². The van der Waals surface area contributed by atoms with Crippen molar-refractivity contribution in [1.29, 1.82) is 0 Å². The van der Waals surface area contributed by atoms with Crippen molar-refractivity contribution >= 4 is 5.97 Å². The van der Waals surface area contributed by atoms with Crippen LogP contribution in [0.4, 0.5) is 0 Å². The van der Waals surface area contributed by atoms with Gasteiger partial charge in [-0.05, 0) is 42.9 Å². The Morgan fingerprint density at radius 3 is 2.32 bits per heavy atom. The first kappa shape index (κ1) is 15.5. The van der Waals surface area contributed by atoms with Crippen molar-refractivity contribution < 1.29 is 14.6 Å². The zero-order chi connectivity index (χ0) is 14.5. The van der Waals surface area contributed by atoms with Gasteiger partial charge in [-0.1, -0.05) is 32.9 Å². The van der Waals surface area contributed by atoms with Gasteiger partial charge in [0.1, 0.15) is 5.75 Å². The minimum atomic E-state index is -0.721. The Morgan fingerprint density at radius 2 is 1.89 bits per heavy atom. The van der Waals surface area contributed by atoms with Crippen molar-refractivity contribution in [2.45, 2.75) is 46.5 Å². The summed E-state index contributed by atoms with van der Waals surface area (Å²) in [5, 5.41) is 9.53. The Kier molecular flexibility index (Phi) is 5.40. The Hall–Kier alpha value is -1.51. The molecule has 0 saturated heterocycles. The van der Waals surface area contributed by atoms with Crippen molar-refractivity contribution in [2.24, 2.45) is 5.41 Å². The molecule has 106 valence electrons. The van der Waals surface area contributed by atoms with Gasteiger partial charge < -0.3 is 9.84 Å². The number of aryl methyl sites for hydroxylation is 1. The van der Waals surface area contributed by atoms with Crippen LogP contribution in [0.5, 0.6) is 5.75 Å². The molecule has 0 heterocycles. The van der Waals surface area contributed by atoms with Crippen LogP contribution in [0.1, 0.15) is 44.7 Å². The number of ether oxygens (including phenoxy) is 1. The van der Waals surface area contributed by atoms with Gasteiger partial charge in [0.15, 0.2) is 0 Å². The highest BCUT2D eigenvalue weighted by Gasteiger charge is 2.35. The molecule has 0 spiro atoms. The van der Waals surface area contributed by atoms with Crippen LogP contribution in [0.15, 0.2) is 18.2 Å². The monoisotopic (exact) mass is 264 g/mol. The van der Waals surface area contributed by atoms with Gasteiger partial charge in [0.05, 0.1) is 12.5 Å². The van der Waals surface area contributed by atoms with E-state index in [0.717, 1.165) is 17.7 Å². The van der Waals surface area contributed by atoms with E-state index in [1.807, 2.05) is 26.0 Å². The zero-order valence-electron chi connectivity index (χ0n) is 12.3. The number of benzene rings is 1. The lowest BCUT2D eigenvalue weighted by Crippen LogP contribution is -2.32. The van der Waals surface area contributed by atoms with E-state index in [0.29, 0.717) is 19.3 Å². The summed E-state index contributed by atoms with van der Waals surface area (Å²) in [5.41, 5.74) is 1.51. The number of carboxylic acid groups (broad SMARTS) is 1. The van der Waals surface area contributed by atoms with Crippen molar-refractivity contribution in [3.63, 3.8) is 0 Å². The molecular formula is C16H24O3. The van der Waals surface area contributed by atoms with Crippen molar-refractivity contribution in [3.8, 4) is 5.75 Å². The van der Waals surface area contributed by atoms with E-state index >= 15 is 0 Å². The summed E-state index contributed by atoms with van der Waals surface area (Å²) in [7, 11) is 1.63. The second kappa shape index (κ2) is 6.60. The van der Waals surface area contributed by atoms with E-state index < -0.39 is 11.4 Å². The molecule has 0 aromatic heterocycles. The number of hydrogen-bond donors (Lipinski definition) is 1. The molecule has 1 aromatic carbocycles. The third kappa shape index (κ3) is 3.28. The lowest BCUT2D eigenvalue weighted by atomic mass is 9.76. The Bertz CT molecular complexity index is 434. The maximum Gasteiger partial charge on any atom is 0.309 e. The molecule has 3 heteroatoms. The molecule has 0 aliphatic heterocycles. The predicted molar refractivity (Wildman–Crippen MR) is 76.7 cm³/mol. The van der Waals surface area contributed by atoms with Crippen LogP contribution in [0, 0.1) is 5.41 Å². The highest BCUT2D eigenvalue weighted by atomic mass is 16.5. The average molecular weight is 264 g/mol. The lowest BCUT2D eigenvalue weighted by molar-refractivity contribution is -0.149. The largest absolute Gasteiger partial charge is 0.496 e. The maximum absolute atomic E-state index is 11.6. The summed E-state index contributed by atoms with van der Waals surface area (Å²) in [6.45, 7) is 5.97. The first-order valence-corrected chi connectivity index (χ1v) is 6.92. The summed E-state index contributed by atoms with van der Waals surface area (Å²) < 4.78 is 5.37. The van der Waals surface area contributed by atoms with Gasteiger partial charge in [-0.15, -0.1) is 0 Å². The average Bonchev–Trinajstić information content (AvgIpc) is 2.44.